The Balaban J connectivity index is 2.26. The van der Waals surface area contributed by atoms with Gasteiger partial charge in [-0.3, -0.25) is 14.2 Å². The summed E-state index contributed by atoms with van der Waals surface area (Å²) in [5.41, 5.74) is 1.77. The molecule has 140 valence electrons. The van der Waals surface area contributed by atoms with E-state index in [0.717, 1.165) is 22.5 Å². The lowest BCUT2D eigenvalue weighted by Gasteiger charge is -2.13. The van der Waals surface area contributed by atoms with Crippen LogP contribution in [0.1, 0.15) is 33.6 Å². The maximum atomic E-state index is 13.1. The smallest absolute Gasteiger partial charge is 0.346 e. The van der Waals surface area contributed by atoms with Gasteiger partial charge in [-0.1, -0.05) is 23.8 Å². The summed E-state index contributed by atoms with van der Waals surface area (Å²) >= 11 is 0.979. The number of aromatic nitrogens is 2. The lowest BCUT2D eigenvalue weighted by Crippen LogP contribution is -2.24. The summed E-state index contributed by atoms with van der Waals surface area (Å²) in [6, 6.07) is 7.49. The highest BCUT2D eigenvalue weighted by molar-refractivity contribution is 7.20. The third kappa shape index (κ3) is 3.61. The molecule has 3 rings (SSSR count). The van der Waals surface area contributed by atoms with Crippen molar-refractivity contribution in [2.75, 3.05) is 0 Å². The fourth-order valence-electron chi connectivity index (χ4n) is 3.02. The van der Waals surface area contributed by atoms with E-state index in [-0.39, 0.29) is 35.2 Å². The minimum atomic E-state index is -1.09. The molecular weight excluding hydrogens is 368 g/mol. The molecule has 0 saturated heterocycles. The van der Waals surface area contributed by atoms with E-state index in [9.17, 15) is 19.5 Å². The Bertz CT molecular complexity index is 1110. The summed E-state index contributed by atoms with van der Waals surface area (Å²) in [6.07, 6.45) is 0.205. The molecule has 1 aromatic carbocycles. The molecule has 0 aliphatic heterocycles. The number of aromatic carboxylic acids is 1. The van der Waals surface area contributed by atoms with Gasteiger partial charge in [0.1, 0.15) is 15.5 Å². The lowest BCUT2D eigenvalue weighted by molar-refractivity contribution is -0.137. The van der Waals surface area contributed by atoms with Crippen LogP contribution in [-0.2, 0) is 11.3 Å². The monoisotopic (exact) mass is 386 g/mol. The van der Waals surface area contributed by atoms with Crippen molar-refractivity contribution in [3.63, 3.8) is 0 Å². The first-order chi connectivity index (χ1) is 12.8. The number of fused-ring (bicyclic) bond motifs is 1. The highest BCUT2D eigenvalue weighted by atomic mass is 32.1. The highest BCUT2D eigenvalue weighted by Crippen LogP contribution is 2.29. The molecule has 2 aromatic heterocycles. The van der Waals surface area contributed by atoms with E-state index in [4.69, 9.17) is 5.11 Å². The van der Waals surface area contributed by atoms with E-state index >= 15 is 0 Å². The zero-order chi connectivity index (χ0) is 19.7. The van der Waals surface area contributed by atoms with Gasteiger partial charge in [-0.25, -0.2) is 9.78 Å². The fraction of sp³-hybridized carbons (Fsp3) is 0.263. The minimum Gasteiger partial charge on any atom is -0.481 e. The second kappa shape index (κ2) is 7.32. The van der Waals surface area contributed by atoms with Crippen molar-refractivity contribution >= 4 is 33.5 Å². The van der Waals surface area contributed by atoms with Crippen LogP contribution < -0.4 is 5.56 Å². The van der Waals surface area contributed by atoms with Gasteiger partial charge in [-0.2, -0.15) is 0 Å². The van der Waals surface area contributed by atoms with Gasteiger partial charge in [0.15, 0.2) is 0 Å². The largest absolute Gasteiger partial charge is 0.481 e. The van der Waals surface area contributed by atoms with Gasteiger partial charge in [0.2, 0.25) is 0 Å². The number of hydrogen-bond donors (Lipinski definition) is 2. The summed E-state index contributed by atoms with van der Waals surface area (Å²) in [4.78, 5) is 40.5. The number of nitrogens with zero attached hydrogens (tertiary/aromatic N) is 2. The van der Waals surface area contributed by atoms with Crippen molar-refractivity contribution in [1.29, 1.82) is 0 Å². The number of carboxylic acids is 2. The number of carbonyl (C=O) groups is 2. The molecule has 0 spiro atoms. The zero-order valence-corrected chi connectivity index (χ0v) is 15.7. The third-order valence-electron chi connectivity index (χ3n) is 4.29. The molecule has 0 aliphatic rings. The first-order valence-electron chi connectivity index (χ1n) is 8.35. The summed E-state index contributed by atoms with van der Waals surface area (Å²) in [7, 11) is 0. The van der Waals surface area contributed by atoms with Gasteiger partial charge in [0.05, 0.1) is 5.39 Å². The standard InChI is InChI=1S/C19H18N2O5S/c1-10-5-3-6-12(9-10)16-20-17-14(11(2)15(27-17)19(25)26)18(24)21(16)8-4-7-13(22)23/h3,5-6,9H,4,7-8H2,1-2H3,(H,22,23)(H,25,26). The Labute approximate surface area is 158 Å². The maximum Gasteiger partial charge on any atom is 0.346 e. The molecule has 7 nitrogen and oxygen atoms in total. The van der Waals surface area contributed by atoms with Crippen LogP contribution in [0.5, 0.6) is 0 Å². The van der Waals surface area contributed by atoms with Crippen LogP contribution >= 0.6 is 11.3 Å². The van der Waals surface area contributed by atoms with Crippen LogP contribution in [0.4, 0.5) is 0 Å². The number of aliphatic carboxylic acids is 1. The predicted octanol–water partition coefficient (Wildman–Crippen LogP) is 3.30. The molecule has 0 saturated carbocycles. The predicted molar refractivity (Wildman–Crippen MR) is 103 cm³/mol. The Hall–Kier alpha value is -3.00. The summed E-state index contributed by atoms with van der Waals surface area (Å²) in [5.74, 6) is -1.61. The van der Waals surface area contributed by atoms with Crippen molar-refractivity contribution in [3.05, 3.63) is 50.6 Å². The van der Waals surface area contributed by atoms with Crippen LogP contribution in [0.25, 0.3) is 21.6 Å². The molecule has 2 N–H and O–H groups in total. The van der Waals surface area contributed by atoms with E-state index in [1.807, 2.05) is 31.2 Å². The SMILES string of the molecule is Cc1cccc(-c2nc3sc(C(=O)O)c(C)c3c(=O)n2CCCC(=O)O)c1. The first kappa shape index (κ1) is 18.8. The average molecular weight is 386 g/mol. The molecule has 3 aromatic rings. The van der Waals surface area contributed by atoms with E-state index in [2.05, 4.69) is 4.98 Å². The van der Waals surface area contributed by atoms with Gasteiger partial charge >= 0.3 is 11.9 Å². The third-order valence-corrected chi connectivity index (χ3v) is 5.47. The average Bonchev–Trinajstić information content (AvgIpc) is 2.93. The second-order valence-corrected chi connectivity index (χ2v) is 7.30. The van der Waals surface area contributed by atoms with Gasteiger partial charge in [-0.15, -0.1) is 11.3 Å². The molecule has 8 heteroatoms. The number of rotatable bonds is 6. The minimum absolute atomic E-state index is 0.0687. The van der Waals surface area contributed by atoms with Crippen LogP contribution in [0.15, 0.2) is 29.1 Å². The van der Waals surface area contributed by atoms with E-state index in [0.29, 0.717) is 16.2 Å². The van der Waals surface area contributed by atoms with Crippen molar-refractivity contribution in [2.24, 2.45) is 0 Å². The molecule has 0 aliphatic carbocycles. The van der Waals surface area contributed by atoms with E-state index in [1.54, 1.807) is 6.92 Å². The maximum absolute atomic E-state index is 13.1. The number of hydrogen-bond acceptors (Lipinski definition) is 5. The van der Waals surface area contributed by atoms with Crippen molar-refractivity contribution in [2.45, 2.75) is 33.2 Å². The van der Waals surface area contributed by atoms with Crippen molar-refractivity contribution in [3.8, 4) is 11.4 Å². The molecule has 0 radical (unpaired) electrons. The number of benzene rings is 1. The molecule has 0 atom stereocenters. The van der Waals surface area contributed by atoms with E-state index in [1.165, 1.54) is 4.57 Å². The van der Waals surface area contributed by atoms with Crippen molar-refractivity contribution in [1.82, 2.24) is 9.55 Å². The first-order valence-corrected chi connectivity index (χ1v) is 9.17. The van der Waals surface area contributed by atoms with Gasteiger partial charge < -0.3 is 10.2 Å². The molecule has 0 bridgehead atoms. The van der Waals surface area contributed by atoms with Gasteiger partial charge in [-0.05, 0) is 31.9 Å². The Kier molecular flexibility index (Phi) is 5.09. The summed E-state index contributed by atoms with van der Waals surface area (Å²) in [6.45, 7) is 3.71. The zero-order valence-electron chi connectivity index (χ0n) is 14.9. The van der Waals surface area contributed by atoms with Crippen LogP contribution in [0.2, 0.25) is 0 Å². The Morgan fingerprint density at radius 2 is 1.96 bits per heavy atom. The van der Waals surface area contributed by atoms with Crippen LogP contribution in [-0.4, -0.2) is 31.7 Å². The number of thiophene rings is 1. The summed E-state index contributed by atoms with van der Waals surface area (Å²) in [5, 5.41) is 18.5. The topological polar surface area (TPSA) is 109 Å². The molecule has 0 unspecified atom stereocenters. The molecule has 27 heavy (non-hydrogen) atoms. The highest BCUT2D eigenvalue weighted by Gasteiger charge is 2.21. The molecular formula is C19H18N2O5S. The fourth-order valence-corrected chi connectivity index (χ4v) is 4.03. The quantitative estimate of drug-likeness (QED) is 0.673. The summed E-state index contributed by atoms with van der Waals surface area (Å²) < 4.78 is 1.45. The molecule has 2 heterocycles. The van der Waals surface area contributed by atoms with Crippen LogP contribution in [0, 0.1) is 13.8 Å². The lowest BCUT2D eigenvalue weighted by atomic mass is 10.1. The molecule has 0 fully saturated rings. The Morgan fingerprint density at radius 3 is 2.59 bits per heavy atom. The van der Waals surface area contributed by atoms with Gasteiger partial charge in [0.25, 0.3) is 5.56 Å². The normalized spacial score (nSPS) is 11.0. The van der Waals surface area contributed by atoms with Gasteiger partial charge in [0, 0.05) is 18.5 Å². The van der Waals surface area contributed by atoms with Crippen molar-refractivity contribution < 1.29 is 19.8 Å². The number of aryl methyl sites for hydroxylation is 2. The van der Waals surface area contributed by atoms with E-state index < -0.39 is 11.9 Å². The number of carboxylic acid groups (broad SMARTS) is 2. The molecule has 0 amide bonds. The van der Waals surface area contributed by atoms with Crippen LogP contribution in [0.3, 0.4) is 0 Å². The second-order valence-electron chi connectivity index (χ2n) is 6.30. The Morgan fingerprint density at radius 1 is 1.22 bits per heavy atom.